The van der Waals surface area contributed by atoms with Gasteiger partial charge in [-0.3, -0.25) is 0 Å². The van der Waals surface area contributed by atoms with Gasteiger partial charge < -0.3 is 4.57 Å². The van der Waals surface area contributed by atoms with Gasteiger partial charge in [-0.05, 0) is 31.6 Å². The summed E-state index contributed by atoms with van der Waals surface area (Å²) in [6.45, 7) is 5.43. The van der Waals surface area contributed by atoms with E-state index in [1.807, 2.05) is 0 Å². The maximum Gasteiger partial charge on any atom is 0.0444 e. The molecule has 0 aliphatic heterocycles. The summed E-state index contributed by atoms with van der Waals surface area (Å²) in [6, 6.07) is 2.25. The second-order valence-corrected chi connectivity index (χ2v) is 3.41. The van der Waals surface area contributed by atoms with E-state index < -0.39 is 0 Å². The third kappa shape index (κ3) is 1.35. The lowest BCUT2D eigenvalue weighted by Gasteiger charge is -2.00. The molecule has 13 heavy (non-hydrogen) atoms. The normalized spacial score (nSPS) is 14.3. The number of nitrogens with zero attached hydrogens (tertiary/aromatic N) is 1. The van der Waals surface area contributed by atoms with E-state index in [0.717, 1.165) is 13.0 Å². The Labute approximate surface area is 78.7 Å². The number of hydrogen-bond acceptors (Lipinski definition) is 0. The summed E-state index contributed by atoms with van der Waals surface area (Å²) >= 11 is 0. The number of allylic oxidation sites excluding steroid dienone is 2. The third-order valence-electron chi connectivity index (χ3n) is 2.55. The molecular formula is C12H15N. The molecule has 1 aromatic rings. The molecule has 1 aromatic heterocycles. The molecule has 1 heteroatoms. The van der Waals surface area contributed by atoms with Gasteiger partial charge in [-0.1, -0.05) is 24.3 Å². The lowest BCUT2D eigenvalue weighted by Crippen LogP contribution is -2.28. The molecule has 0 radical (unpaired) electrons. The average molecular weight is 173 g/mol. The first-order valence-electron chi connectivity index (χ1n) is 4.86. The SMILES string of the molecule is CCn1c(C)cc2c1=CCC=CC=2. The highest BCUT2D eigenvalue weighted by Gasteiger charge is 1.99. The molecule has 0 spiro atoms. The molecule has 1 aliphatic rings. The van der Waals surface area contributed by atoms with Crippen molar-refractivity contribution >= 4 is 12.2 Å². The molecule has 1 heterocycles. The minimum atomic E-state index is 1.05. The van der Waals surface area contributed by atoms with E-state index in [0.29, 0.717) is 0 Å². The quantitative estimate of drug-likeness (QED) is 0.604. The number of hydrogen-bond donors (Lipinski definition) is 0. The fourth-order valence-corrected chi connectivity index (χ4v) is 1.93. The number of fused-ring (bicyclic) bond motifs is 1. The van der Waals surface area contributed by atoms with Gasteiger partial charge in [-0.15, -0.1) is 0 Å². The second kappa shape index (κ2) is 3.25. The van der Waals surface area contributed by atoms with Crippen molar-refractivity contribution in [2.45, 2.75) is 26.8 Å². The maximum absolute atomic E-state index is 2.36. The Bertz CT molecular complexity index is 446. The molecule has 0 atom stereocenters. The Kier molecular flexibility index (Phi) is 2.09. The topological polar surface area (TPSA) is 4.93 Å². The second-order valence-electron chi connectivity index (χ2n) is 3.41. The van der Waals surface area contributed by atoms with E-state index in [-0.39, 0.29) is 0 Å². The van der Waals surface area contributed by atoms with Crippen molar-refractivity contribution in [3.8, 4) is 0 Å². The van der Waals surface area contributed by atoms with Gasteiger partial charge in [0, 0.05) is 17.6 Å². The Morgan fingerprint density at radius 1 is 1.46 bits per heavy atom. The first kappa shape index (κ1) is 8.36. The Hall–Kier alpha value is -1.24. The highest BCUT2D eigenvalue weighted by Crippen LogP contribution is 1.94. The van der Waals surface area contributed by atoms with Crippen molar-refractivity contribution < 1.29 is 0 Å². The first-order valence-corrected chi connectivity index (χ1v) is 4.86. The van der Waals surface area contributed by atoms with Crippen molar-refractivity contribution in [3.63, 3.8) is 0 Å². The maximum atomic E-state index is 2.36. The monoisotopic (exact) mass is 173 g/mol. The Morgan fingerprint density at radius 3 is 3.08 bits per heavy atom. The summed E-state index contributed by atoms with van der Waals surface area (Å²) in [6.07, 6.45) is 9.87. The van der Waals surface area contributed by atoms with Gasteiger partial charge in [-0.2, -0.15) is 0 Å². The van der Waals surface area contributed by atoms with E-state index in [4.69, 9.17) is 0 Å². The van der Waals surface area contributed by atoms with E-state index >= 15 is 0 Å². The first-order chi connectivity index (χ1) is 6.33. The van der Waals surface area contributed by atoms with Gasteiger partial charge in [0.25, 0.3) is 0 Å². The summed E-state index contributed by atoms with van der Waals surface area (Å²) in [5.74, 6) is 0. The zero-order chi connectivity index (χ0) is 9.26. The van der Waals surface area contributed by atoms with Crippen molar-refractivity contribution in [1.29, 1.82) is 0 Å². The summed E-state index contributed by atoms with van der Waals surface area (Å²) in [7, 11) is 0. The Balaban J connectivity index is 2.78. The van der Waals surface area contributed by atoms with Gasteiger partial charge in [0.1, 0.15) is 0 Å². The number of aryl methyl sites for hydroxylation is 1. The van der Waals surface area contributed by atoms with Crippen molar-refractivity contribution in [1.82, 2.24) is 4.57 Å². The average Bonchev–Trinajstić information content (AvgIpc) is 2.32. The van der Waals surface area contributed by atoms with Crippen LogP contribution in [-0.2, 0) is 6.54 Å². The molecule has 0 saturated heterocycles. The minimum Gasteiger partial charge on any atom is -0.345 e. The molecule has 1 nitrogen and oxygen atoms in total. The van der Waals surface area contributed by atoms with Crippen LogP contribution in [0.15, 0.2) is 18.2 Å². The summed E-state index contributed by atoms with van der Waals surface area (Å²) < 4.78 is 2.36. The standard InChI is InChI=1S/C12H15N/c1-3-13-10(2)9-11-7-5-4-6-8-12(11)13/h4-5,7-9H,3,6H2,1-2H3. The molecule has 0 saturated carbocycles. The van der Waals surface area contributed by atoms with Crippen LogP contribution in [0.2, 0.25) is 0 Å². The smallest absolute Gasteiger partial charge is 0.0444 e. The van der Waals surface area contributed by atoms with E-state index in [9.17, 15) is 0 Å². The number of rotatable bonds is 1. The number of aromatic nitrogens is 1. The van der Waals surface area contributed by atoms with Crippen LogP contribution in [0.5, 0.6) is 0 Å². The van der Waals surface area contributed by atoms with Gasteiger partial charge in [0.05, 0.1) is 0 Å². The summed E-state index contributed by atoms with van der Waals surface area (Å²) in [5, 5.41) is 2.73. The van der Waals surface area contributed by atoms with Crippen LogP contribution in [0.3, 0.4) is 0 Å². The summed E-state index contributed by atoms with van der Waals surface area (Å²) in [4.78, 5) is 0. The highest BCUT2D eigenvalue weighted by atomic mass is 15.0. The van der Waals surface area contributed by atoms with Crippen LogP contribution in [0, 0.1) is 6.92 Å². The lowest BCUT2D eigenvalue weighted by atomic mass is 10.3. The molecular weight excluding hydrogens is 158 g/mol. The summed E-state index contributed by atoms with van der Waals surface area (Å²) in [5.41, 5.74) is 1.36. The van der Waals surface area contributed by atoms with Crippen LogP contribution < -0.4 is 10.6 Å². The lowest BCUT2D eigenvalue weighted by molar-refractivity contribution is 0.719. The van der Waals surface area contributed by atoms with Crippen LogP contribution >= 0.6 is 0 Å². The molecule has 0 amide bonds. The molecule has 0 N–H and O–H groups in total. The molecule has 0 fully saturated rings. The molecule has 0 aromatic carbocycles. The molecule has 68 valence electrons. The van der Waals surface area contributed by atoms with Crippen LogP contribution in [0.25, 0.3) is 12.2 Å². The molecule has 0 unspecified atom stereocenters. The fraction of sp³-hybridized carbons (Fsp3) is 0.333. The van der Waals surface area contributed by atoms with Crippen molar-refractivity contribution in [3.05, 3.63) is 34.5 Å². The van der Waals surface area contributed by atoms with Crippen molar-refractivity contribution in [2.75, 3.05) is 0 Å². The molecule has 2 rings (SSSR count). The fourth-order valence-electron chi connectivity index (χ4n) is 1.93. The van der Waals surface area contributed by atoms with E-state index in [1.165, 1.54) is 16.3 Å². The van der Waals surface area contributed by atoms with Gasteiger partial charge in [0.2, 0.25) is 0 Å². The molecule has 0 bridgehead atoms. The van der Waals surface area contributed by atoms with Gasteiger partial charge in [-0.25, -0.2) is 0 Å². The molecule has 1 aliphatic carbocycles. The Morgan fingerprint density at radius 2 is 2.31 bits per heavy atom. The van der Waals surface area contributed by atoms with E-state index in [2.05, 4.69) is 48.8 Å². The largest absolute Gasteiger partial charge is 0.345 e. The van der Waals surface area contributed by atoms with Crippen LogP contribution in [-0.4, -0.2) is 4.57 Å². The van der Waals surface area contributed by atoms with E-state index in [1.54, 1.807) is 0 Å². The highest BCUT2D eigenvalue weighted by molar-refractivity contribution is 5.44. The van der Waals surface area contributed by atoms with Crippen molar-refractivity contribution in [2.24, 2.45) is 0 Å². The zero-order valence-electron chi connectivity index (χ0n) is 8.25. The predicted octanol–water partition coefficient (Wildman–Crippen LogP) is 1.34. The van der Waals surface area contributed by atoms with Crippen LogP contribution in [0.4, 0.5) is 0 Å². The van der Waals surface area contributed by atoms with Crippen LogP contribution in [0.1, 0.15) is 19.0 Å². The third-order valence-corrected chi connectivity index (χ3v) is 2.55. The minimum absolute atomic E-state index is 1.05. The van der Waals surface area contributed by atoms with Gasteiger partial charge in [0.15, 0.2) is 0 Å². The zero-order valence-corrected chi connectivity index (χ0v) is 8.25. The van der Waals surface area contributed by atoms with Gasteiger partial charge >= 0.3 is 0 Å². The predicted molar refractivity (Wildman–Crippen MR) is 56.8 cm³/mol.